The van der Waals surface area contributed by atoms with Crippen LogP contribution in [0.3, 0.4) is 0 Å². The highest BCUT2D eigenvalue weighted by Gasteiger charge is 1.99. The second-order valence-corrected chi connectivity index (χ2v) is 2.72. The summed E-state index contributed by atoms with van der Waals surface area (Å²) in [6.45, 7) is 0. The molecule has 4 heteroatoms. The molecular weight excluding hydrogens is 162 g/mol. The van der Waals surface area contributed by atoms with Crippen LogP contribution in [0.1, 0.15) is 4.88 Å². The molecular formula is C7H9NO2S. The molecule has 1 heterocycles. The van der Waals surface area contributed by atoms with Crippen molar-refractivity contribution in [3.05, 3.63) is 16.3 Å². The summed E-state index contributed by atoms with van der Waals surface area (Å²) in [6, 6.07) is 1.89. The molecule has 0 aliphatic heterocycles. The Balaban J connectivity index is 2.76. The molecule has 0 spiro atoms. The average Bonchev–Trinajstić information content (AvgIpc) is 2.47. The van der Waals surface area contributed by atoms with Crippen LogP contribution in [0.5, 0.6) is 5.75 Å². The van der Waals surface area contributed by atoms with Crippen LogP contribution in [0, 0.1) is 0 Å². The third-order valence-electron chi connectivity index (χ3n) is 1.15. The van der Waals surface area contributed by atoms with E-state index in [1.54, 1.807) is 24.7 Å². The lowest BCUT2D eigenvalue weighted by molar-refractivity contribution is 0.215. The maximum Gasteiger partial charge on any atom is 0.138 e. The Labute approximate surface area is 69.2 Å². The number of ether oxygens (including phenoxy) is 1. The highest BCUT2D eigenvalue weighted by Crippen LogP contribution is 2.21. The topological polar surface area (TPSA) is 30.8 Å². The monoisotopic (exact) mass is 171 g/mol. The van der Waals surface area contributed by atoms with Crippen LogP contribution < -0.4 is 4.74 Å². The van der Waals surface area contributed by atoms with E-state index in [0.717, 1.165) is 10.6 Å². The van der Waals surface area contributed by atoms with Crippen LogP contribution in [-0.2, 0) is 4.84 Å². The van der Waals surface area contributed by atoms with Crippen LogP contribution in [-0.4, -0.2) is 20.4 Å². The Hall–Kier alpha value is -1.03. The Kier molecular flexibility index (Phi) is 2.92. The fourth-order valence-electron chi connectivity index (χ4n) is 0.673. The van der Waals surface area contributed by atoms with Gasteiger partial charge >= 0.3 is 0 Å². The van der Waals surface area contributed by atoms with E-state index in [0.29, 0.717) is 0 Å². The first-order valence-corrected chi connectivity index (χ1v) is 3.94. The van der Waals surface area contributed by atoms with Crippen molar-refractivity contribution in [2.75, 3.05) is 14.2 Å². The van der Waals surface area contributed by atoms with Gasteiger partial charge in [-0.1, -0.05) is 5.16 Å². The lowest BCUT2D eigenvalue weighted by atomic mass is 10.4. The first-order valence-electron chi connectivity index (χ1n) is 3.06. The second-order valence-electron chi connectivity index (χ2n) is 1.77. The van der Waals surface area contributed by atoms with Crippen LogP contribution in [0.4, 0.5) is 0 Å². The van der Waals surface area contributed by atoms with Gasteiger partial charge in [-0.15, -0.1) is 11.3 Å². The van der Waals surface area contributed by atoms with Gasteiger partial charge in [-0.2, -0.15) is 0 Å². The predicted octanol–water partition coefficient (Wildman–Crippen LogP) is 1.74. The summed E-state index contributed by atoms with van der Waals surface area (Å²) in [5.41, 5.74) is 0. The number of oxime groups is 1. The van der Waals surface area contributed by atoms with Crippen molar-refractivity contribution in [2.24, 2.45) is 5.16 Å². The molecule has 0 saturated heterocycles. The third-order valence-corrected chi connectivity index (χ3v) is 1.99. The minimum absolute atomic E-state index is 0.829. The molecule has 11 heavy (non-hydrogen) atoms. The van der Waals surface area contributed by atoms with Gasteiger partial charge < -0.3 is 9.57 Å². The molecule has 60 valence electrons. The number of hydrogen-bond donors (Lipinski definition) is 0. The van der Waals surface area contributed by atoms with Crippen LogP contribution in [0.25, 0.3) is 0 Å². The lowest BCUT2D eigenvalue weighted by Crippen LogP contribution is -1.84. The van der Waals surface area contributed by atoms with E-state index in [2.05, 4.69) is 9.99 Å². The Bertz CT molecular complexity index is 244. The van der Waals surface area contributed by atoms with Gasteiger partial charge in [-0.3, -0.25) is 0 Å². The summed E-state index contributed by atoms with van der Waals surface area (Å²) in [5, 5.41) is 5.57. The zero-order valence-electron chi connectivity index (χ0n) is 6.40. The lowest BCUT2D eigenvalue weighted by Gasteiger charge is -1.94. The molecule has 0 fully saturated rings. The van der Waals surface area contributed by atoms with E-state index in [-0.39, 0.29) is 0 Å². The molecule has 0 aliphatic rings. The average molecular weight is 171 g/mol. The van der Waals surface area contributed by atoms with E-state index in [9.17, 15) is 0 Å². The van der Waals surface area contributed by atoms with Crippen LogP contribution in [0.2, 0.25) is 0 Å². The van der Waals surface area contributed by atoms with E-state index < -0.39 is 0 Å². The number of methoxy groups -OCH3 is 1. The molecule has 1 rings (SSSR count). The van der Waals surface area contributed by atoms with Gasteiger partial charge in [0.05, 0.1) is 18.2 Å². The zero-order chi connectivity index (χ0) is 8.10. The SMILES string of the molecule is CO/N=C/c1sccc1OC. The standard InChI is InChI=1S/C7H9NO2S/c1-9-6-3-4-11-7(6)5-8-10-2/h3-5H,1-2H3/b8-5+. The molecule has 1 aromatic heterocycles. The minimum atomic E-state index is 0.829. The van der Waals surface area contributed by atoms with Crippen molar-refractivity contribution in [1.29, 1.82) is 0 Å². The fraction of sp³-hybridized carbons (Fsp3) is 0.286. The molecule has 0 amide bonds. The first-order chi connectivity index (χ1) is 5.38. The third kappa shape index (κ3) is 1.94. The zero-order valence-corrected chi connectivity index (χ0v) is 7.22. The summed E-state index contributed by atoms with van der Waals surface area (Å²) in [6.07, 6.45) is 1.63. The molecule has 0 N–H and O–H groups in total. The minimum Gasteiger partial charge on any atom is -0.495 e. The Morgan fingerprint density at radius 2 is 2.36 bits per heavy atom. The first kappa shape index (κ1) is 8.07. The van der Waals surface area contributed by atoms with Crippen molar-refractivity contribution >= 4 is 17.6 Å². The quantitative estimate of drug-likeness (QED) is 0.512. The highest BCUT2D eigenvalue weighted by molar-refractivity contribution is 7.12. The summed E-state index contributed by atoms with van der Waals surface area (Å²) < 4.78 is 5.05. The number of hydrogen-bond acceptors (Lipinski definition) is 4. The predicted molar refractivity (Wildman–Crippen MR) is 45.5 cm³/mol. The molecule has 0 aromatic carbocycles. The van der Waals surface area contributed by atoms with Crippen molar-refractivity contribution in [3.63, 3.8) is 0 Å². The van der Waals surface area contributed by atoms with Crippen molar-refractivity contribution < 1.29 is 9.57 Å². The van der Waals surface area contributed by atoms with Crippen molar-refractivity contribution in [3.8, 4) is 5.75 Å². The largest absolute Gasteiger partial charge is 0.495 e. The molecule has 3 nitrogen and oxygen atoms in total. The molecule has 0 unspecified atom stereocenters. The van der Waals surface area contributed by atoms with E-state index in [4.69, 9.17) is 4.74 Å². The van der Waals surface area contributed by atoms with Gasteiger partial charge in [0.2, 0.25) is 0 Å². The maximum absolute atomic E-state index is 5.05. The summed E-state index contributed by atoms with van der Waals surface area (Å²) >= 11 is 1.56. The maximum atomic E-state index is 5.05. The number of thiophene rings is 1. The fourth-order valence-corrected chi connectivity index (χ4v) is 1.38. The number of rotatable bonds is 3. The molecule has 0 radical (unpaired) electrons. The van der Waals surface area contributed by atoms with Gasteiger partial charge in [0.1, 0.15) is 12.9 Å². The van der Waals surface area contributed by atoms with Gasteiger partial charge in [0.15, 0.2) is 0 Å². The summed E-state index contributed by atoms with van der Waals surface area (Å²) in [7, 11) is 3.14. The van der Waals surface area contributed by atoms with Gasteiger partial charge in [0.25, 0.3) is 0 Å². The Morgan fingerprint density at radius 1 is 1.55 bits per heavy atom. The van der Waals surface area contributed by atoms with Crippen molar-refractivity contribution in [2.45, 2.75) is 0 Å². The number of nitrogens with zero attached hydrogens (tertiary/aromatic N) is 1. The Morgan fingerprint density at radius 3 is 3.00 bits per heavy atom. The smallest absolute Gasteiger partial charge is 0.138 e. The second kappa shape index (κ2) is 3.98. The molecule has 0 atom stereocenters. The normalized spacial score (nSPS) is 10.4. The van der Waals surface area contributed by atoms with Crippen LogP contribution in [0.15, 0.2) is 16.6 Å². The molecule has 1 aromatic rings. The summed E-state index contributed by atoms with van der Waals surface area (Å²) in [4.78, 5) is 5.50. The summed E-state index contributed by atoms with van der Waals surface area (Å²) in [5.74, 6) is 0.829. The molecule has 0 saturated carbocycles. The molecule has 0 aliphatic carbocycles. The van der Waals surface area contributed by atoms with Crippen LogP contribution >= 0.6 is 11.3 Å². The van der Waals surface area contributed by atoms with Gasteiger partial charge in [-0.25, -0.2) is 0 Å². The van der Waals surface area contributed by atoms with E-state index >= 15 is 0 Å². The van der Waals surface area contributed by atoms with Crippen molar-refractivity contribution in [1.82, 2.24) is 0 Å². The van der Waals surface area contributed by atoms with E-state index in [1.807, 2.05) is 11.4 Å². The van der Waals surface area contributed by atoms with E-state index in [1.165, 1.54) is 7.11 Å². The van der Waals surface area contributed by atoms with Gasteiger partial charge in [-0.05, 0) is 11.4 Å². The van der Waals surface area contributed by atoms with Gasteiger partial charge in [0, 0.05) is 0 Å². The molecule has 0 bridgehead atoms. The highest BCUT2D eigenvalue weighted by atomic mass is 32.1.